The van der Waals surface area contributed by atoms with E-state index in [1.54, 1.807) is 0 Å². The number of hydrogen-bond acceptors (Lipinski definition) is 4. The van der Waals surface area contributed by atoms with Crippen LogP contribution in [0.15, 0.2) is 66.3 Å². The number of allylic oxidation sites excluding steroid dienone is 2. The van der Waals surface area contributed by atoms with Gasteiger partial charge in [-0.05, 0) is 66.1 Å². The van der Waals surface area contributed by atoms with Crippen molar-refractivity contribution in [3.05, 3.63) is 77.4 Å². The van der Waals surface area contributed by atoms with E-state index < -0.39 is 0 Å². The molecule has 3 rings (SSSR count). The third kappa shape index (κ3) is 5.23. The molecule has 0 heterocycles. The van der Waals surface area contributed by atoms with E-state index in [0.717, 1.165) is 30.4 Å². The van der Waals surface area contributed by atoms with Crippen molar-refractivity contribution in [1.29, 1.82) is 0 Å². The van der Waals surface area contributed by atoms with Crippen molar-refractivity contribution in [2.75, 3.05) is 0 Å². The van der Waals surface area contributed by atoms with Crippen molar-refractivity contribution in [3.63, 3.8) is 0 Å². The van der Waals surface area contributed by atoms with Crippen LogP contribution >= 0.6 is 0 Å². The van der Waals surface area contributed by atoms with Gasteiger partial charge in [-0.15, -0.1) is 0 Å². The van der Waals surface area contributed by atoms with Crippen molar-refractivity contribution in [2.24, 2.45) is 5.92 Å². The second kappa shape index (κ2) is 8.91. The Labute approximate surface area is 171 Å². The summed E-state index contributed by atoms with van der Waals surface area (Å²) >= 11 is 0. The van der Waals surface area contributed by atoms with Crippen molar-refractivity contribution in [1.82, 2.24) is 0 Å². The van der Waals surface area contributed by atoms with E-state index in [-0.39, 0.29) is 11.9 Å². The number of carbonyl (C=O) groups is 2. The Morgan fingerprint density at radius 3 is 1.66 bits per heavy atom. The molecular formula is C25H26O4. The normalized spacial score (nSPS) is 16.3. The maximum Gasteiger partial charge on any atom is 0.308 e. The van der Waals surface area contributed by atoms with Crippen molar-refractivity contribution in [3.8, 4) is 11.5 Å². The number of carbonyl (C=O) groups excluding carboxylic acids is 2. The van der Waals surface area contributed by atoms with Crippen LogP contribution in [0, 0.1) is 5.92 Å². The first-order valence-corrected chi connectivity index (χ1v) is 9.81. The molecular weight excluding hydrogens is 364 g/mol. The van der Waals surface area contributed by atoms with Gasteiger partial charge in [0.15, 0.2) is 0 Å². The van der Waals surface area contributed by atoms with E-state index in [9.17, 15) is 9.59 Å². The topological polar surface area (TPSA) is 52.6 Å². The molecule has 4 heteroatoms. The molecule has 0 spiro atoms. The highest BCUT2D eigenvalue weighted by atomic mass is 16.5. The van der Waals surface area contributed by atoms with Gasteiger partial charge in [-0.25, -0.2) is 0 Å². The fourth-order valence-corrected chi connectivity index (χ4v) is 3.84. The van der Waals surface area contributed by atoms with Crippen molar-refractivity contribution < 1.29 is 19.1 Å². The molecule has 1 fully saturated rings. The monoisotopic (exact) mass is 390 g/mol. The number of hydrogen-bond donors (Lipinski definition) is 0. The zero-order valence-electron chi connectivity index (χ0n) is 17.2. The minimum absolute atomic E-state index is 0.336. The Morgan fingerprint density at radius 2 is 1.28 bits per heavy atom. The fraction of sp³-hybridized carbons (Fsp3) is 0.280. The maximum atomic E-state index is 11.2. The molecule has 29 heavy (non-hydrogen) atoms. The second-order valence-corrected chi connectivity index (χ2v) is 7.49. The lowest BCUT2D eigenvalue weighted by Crippen LogP contribution is -2.11. The van der Waals surface area contributed by atoms with E-state index in [0.29, 0.717) is 17.4 Å². The average molecular weight is 390 g/mol. The molecule has 1 aliphatic rings. The Morgan fingerprint density at radius 1 is 0.828 bits per heavy atom. The number of ether oxygens (including phenoxy) is 2. The van der Waals surface area contributed by atoms with Crippen LogP contribution in [0.2, 0.25) is 0 Å². The first-order chi connectivity index (χ1) is 13.8. The van der Waals surface area contributed by atoms with E-state index in [4.69, 9.17) is 9.47 Å². The minimum Gasteiger partial charge on any atom is -0.427 e. The Hall–Kier alpha value is -3.14. The highest BCUT2D eigenvalue weighted by molar-refractivity contribution is 5.83. The Balaban J connectivity index is 2.04. The molecule has 1 unspecified atom stereocenters. The second-order valence-electron chi connectivity index (χ2n) is 7.49. The van der Waals surface area contributed by atoms with Gasteiger partial charge in [0.25, 0.3) is 0 Å². The van der Waals surface area contributed by atoms with Crippen LogP contribution in [-0.2, 0) is 9.59 Å². The Kier molecular flexibility index (Phi) is 6.32. The lowest BCUT2D eigenvalue weighted by molar-refractivity contribution is -0.132. The van der Waals surface area contributed by atoms with Crippen LogP contribution in [0.25, 0.3) is 5.57 Å². The van der Waals surface area contributed by atoms with Crippen LogP contribution < -0.4 is 9.47 Å². The highest BCUT2D eigenvalue weighted by Crippen LogP contribution is 2.40. The smallest absolute Gasteiger partial charge is 0.308 e. The van der Waals surface area contributed by atoms with Gasteiger partial charge in [-0.2, -0.15) is 0 Å². The largest absolute Gasteiger partial charge is 0.427 e. The molecule has 0 aliphatic heterocycles. The molecule has 2 aromatic carbocycles. The molecule has 1 saturated carbocycles. The summed E-state index contributed by atoms with van der Waals surface area (Å²) in [6.45, 7) is 9.18. The average Bonchev–Trinajstić information content (AvgIpc) is 2.65. The predicted molar refractivity (Wildman–Crippen MR) is 114 cm³/mol. The van der Waals surface area contributed by atoms with Crippen LogP contribution in [0.4, 0.5) is 0 Å². The first kappa shape index (κ1) is 20.6. The summed E-state index contributed by atoms with van der Waals surface area (Å²) in [5.41, 5.74) is 5.98. The lowest BCUT2D eigenvalue weighted by Gasteiger charge is -2.28. The quantitative estimate of drug-likeness (QED) is 0.381. The summed E-state index contributed by atoms with van der Waals surface area (Å²) in [7, 11) is 0. The van der Waals surface area contributed by atoms with E-state index >= 15 is 0 Å². The summed E-state index contributed by atoms with van der Waals surface area (Å²) in [5, 5.41) is 0. The molecule has 150 valence electrons. The highest BCUT2D eigenvalue weighted by Gasteiger charge is 2.22. The molecule has 1 aliphatic carbocycles. The van der Waals surface area contributed by atoms with Crippen molar-refractivity contribution in [2.45, 2.75) is 40.0 Å². The molecule has 0 bridgehead atoms. The molecule has 0 aromatic heterocycles. The van der Waals surface area contributed by atoms with Gasteiger partial charge >= 0.3 is 11.9 Å². The van der Waals surface area contributed by atoms with Gasteiger partial charge in [0.1, 0.15) is 11.5 Å². The molecule has 0 saturated heterocycles. The number of rotatable bonds is 4. The van der Waals surface area contributed by atoms with Crippen LogP contribution in [-0.4, -0.2) is 11.9 Å². The van der Waals surface area contributed by atoms with Gasteiger partial charge < -0.3 is 9.47 Å². The summed E-state index contributed by atoms with van der Waals surface area (Å²) in [6, 6.07) is 15.2. The number of benzene rings is 2. The van der Waals surface area contributed by atoms with E-state index in [2.05, 4.69) is 13.5 Å². The lowest BCUT2D eigenvalue weighted by atomic mass is 9.77. The van der Waals surface area contributed by atoms with Gasteiger partial charge in [-0.3, -0.25) is 9.59 Å². The van der Waals surface area contributed by atoms with Gasteiger partial charge in [0.2, 0.25) is 0 Å². The first-order valence-electron chi connectivity index (χ1n) is 9.81. The van der Waals surface area contributed by atoms with E-state index in [1.807, 2.05) is 48.5 Å². The van der Waals surface area contributed by atoms with E-state index in [1.165, 1.54) is 30.6 Å². The van der Waals surface area contributed by atoms with Gasteiger partial charge in [0.05, 0.1) is 0 Å². The van der Waals surface area contributed by atoms with Crippen LogP contribution in [0.1, 0.15) is 51.2 Å². The molecule has 4 nitrogen and oxygen atoms in total. The van der Waals surface area contributed by atoms with Gasteiger partial charge in [0, 0.05) is 13.8 Å². The SMILES string of the molecule is C=C1CCC(=C(c2ccc(OC(C)=O)cc2)c2ccc(OC(C)=O)cc2)C(C)C1. The molecule has 0 amide bonds. The minimum atomic E-state index is -0.336. The van der Waals surface area contributed by atoms with Gasteiger partial charge in [-0.1, -0.05) is 48.9 Å². The predicted octanol–water partition coefficient (Wildman–Crippen LogP) is 5.72. The van der Waals surface area contributed by atoms with Crippen molar-refractivity contribution >= 4 is 17.5 Å². The summed E-state index contributed by atoms with van der Waals surface area (Å²) in [4.78, 5) is 22.4. The molecule has 0 radical (unpaired) electrons. The third-order valence-corrected chi connectivity index (χ3v) is 5.07. The standard InChI is InChI=1S/C25H26O4/c1-16-5-14-24(17(2)15-16)25(20-6-10-22(11-7-20)28-18(3)26)21-8-12-23(13-9-21)29-19(4)27/h6-13,17H,1,5,14-15H2,2-4H3. The zero-order valence-corrected chi connectivity index (χ0v) is 17.2. The summed E-state index contributed by atoms with van der Waals surface area (Å²) in [5.74, 6) is 0.780. The van der Waals surface area contributed by atoms with Crippen LogP contribution in [0.3, 0.4) is 0 Å². The fourth-order valence-electron chi connectivity index (χ4n) is 3.84. The Bertz CT molecular complexity index is 888. The maximum absolute atomic E-state index is 11.2. The molecule has 0 N–H and O–H groups in total. The summed E-state index contributed by atoms with van der Waals surface area (Å²) in [6.07, 6.45) is 2.93. The third-order valence-electron chi connectivity index (χ3n) is 5.07. The van der Waals surface area contributed by atoms with Crippen LogP contribution in [0.5, 0.6) is 11.5 Å². The molecule has 2 aromatic rings. The summed E-state index contributed by atoms with van der Waals surface area (Å²) < 4.78 is 10.3. The number of esters is 2. The molecule has 1 atom stereocenters. The zero-order chi connectivity index (χ0) is 21.0.